The molecule has 2 aromatic heterocycles. The highest BCUT2D eigenvalue weighted by molar-refractivity contribution is 7.18. The van der Waals surface area contributed by atoms with Gasteiger partial charge in [-0.15, -0.1) is 11.3 Å². The summed E-state index contributed by atoms with van der Waals surface area (Å²) in [6, 6.07) is 0. The number of hydrogen-bond donors (Lipinski definition) is 1. The zero-order chi connectivity index (χ0) is 17.0. The molecule has 2 aromatic rings. The Kier molecular flexibility index (Phi) is 5.80. The molecule has 0 radical (unpaired) electrons. The molecule has 1 N–H and O–H groups in total. The van der Waals surface area contributed by atoms with Crippen molar-refractivity contribution in [2.24, 2.45) is 0 Å². The number of thiazole rings is 2. The first kappa shape index (κ1) is 17.5. The number of aromatic nitrogens is 2. The van der Waals surface area contributed by atoms with Gasteiger partial charge in [-0.3, -0.25) is 19.8 Å². The highest BCUT2D eigenvalue weighted by Crippen LogP contribution is 2.27. The van der Waals surface area contributed by atoms with Crippen LogP contribution in [-0.2, 0) is 9.53 Å². The van der Waals surface area contributed by atoms with Crippen LogP contribution in [0.5, 0.6) is 0 Å². The number of methoxy groups -OCH3 is 1. The van der Waals surface area contributed by atoms with Crippen LogP contribution in [0.4, 0.5) is 10.3 Å². The van der Waals surface area contributed by atoms with Crippen molar-refractivity contribution < 1.29 is 14.3 Å². The number of anilines is 2. The van der Waals surface area contributed by atoms with E-state index in [0.29, 0.717) is 34.0 Å². The minimum absolute atomic E-state index is 0.140. The molecule has 7 nitrogen and oxygen atoms in total. The summed E-state index contributed by atoms with van der Waals surface area (Å²) in [7, 11) is 1.57. The van der Waals surface area contributed by atoms with Crippen LogP contribution in [0.3, 0.4) is 0 Å². The number of amides is 2. The van der Waals surface area contributed by atoms with Crippen molar-refractivity contribution in [3.05, 3.63) is 21.6 Å². The van der Waals surface area contributed by atoms with E-state index in [4.69, 9.17) is 4.74 Å². The lowest BCUT2D eigenvalue weighted by atomic mass is 10.4. The van der Waals surface area contributed by atoms with Crippen LogP contribution in [0.2, 0.25) is 0 Å². The third-order valence-corrected chi connectivity index (χ3v) is 4.97. The summed E-state index contributed by atoms with van der Waals surface area (Å²) in [6.45, 7) is 5.93. The molecule has 0 unspecified atom stereocenters. The Morgan fingerprint density at radius 1 is 1.35 bits per heavy atom. The van der Waals surface area contributed by atoms with Crippen LogP contribution in [0.1, 0.15) is 27.2 Å². The number of carbonyl (C=O) groups is 2. The molecule has 0 aromatic carbocycles. The van der Waals surface area contributed by atoms with Crippen molar-refractivity contribution in [3.63, 3.8) is 0 Å². The summed E-state index contributed by atoms with van der Waals surface area (Å²) in [5.74, 6) is -0.408. The Labute approximate surface area is 142 Å². The maximum atomic E-state index is 12.4. The van der Waals surface area contributed by atoms with Crippen LogP contribution < -0.4 is 10.2 Å². The summed E-state index contributed by atoms with van der Waals surface area (Å²) in [6.07, 6.45) is 1.70. The summed E-state index contributed by atoms with van der Waals surface area (Å²) in [4.78, 5) is 35.6. The van der Waals surface area contributed by atoms with Crippen molar-refractivity contribution >= 4 is 44.8 Å². The Bertz CT molecular complexity index is 711. The molecule has 0 saturated heterocycles. The van der Waals surface area contributed by atoms with Gasteiger partial charge in [-0.2, -0.15) is 0 Å². The van der Waals surface area contributed by atoms with E-state index in [0.717, 1.165) is 4.88 Å². The first-order valence-corrected chi connectivity index (χ1v) is 8.54. The summed E-state index contributed by atoms with van der Waals surface area (Å²) >= 11 is 2.59. The molecule has 0 fully saturated rings. The molecule has 2 rings (SSSR count). The Hall–Kier alpha value is -1.84. The smallest absolute Gasteiger partial charge is 0.269 e. The third-order valence-electron chi connectivity index (χ3n) is 2.96. The number of aryl methyl sites for hydroxylation is 2. The molecule has 124 valence electrons. The molecular formula is C14H18N4O3S2. The van der Waals surface area contributed by atoms with Gasteiger partial charge in [-0.25, -0.2) is 9.97 Å². The van der Waals surface area contributed by atoms with Gasteiger partial charge >= 0.3 is 0 Å². The molecule has 0 aliphatic rings. The molecule has 2 heterocycles. The fourth-order valence-corrected chi connectivity index (χ4v) is 3.54. The van der Waals surface area contributed by atoms with E-state index in [9.17, 15) is 9.59 Å². The Morgan fingerprint density at radius 3 is 2.65 bits per heavy atom. The number of carbonyl (C=O) groups excluding carboxylic acids is 2. The number of ether oxygens (including phenoxy) is 1. The number of rotatable bonds is 6. The Balaban J connectivity index is 2.18. The van der Waals surface area contributed by atoms with E-state index >= 15 is 0 Å². The van der Waals surface area contributed by atoms with E-state index in [1.165, 1.54) is 34.5 Å². The zero-order valence-electron chi connectivity index (χ0n) is 13.4. The normalized spacial score (nSPS) is 10.6. The van der Waals surface area contributed by atoms with E-state index in [1.54, 1.807) is 20.2 Å². The van der Waals surface area contributed by atoms with Gasteiger partial charge in [-0.1, -0.05) is 11.3 Å². The van der Waals surface area contributed by atoms with E-state index in [-0.39, 0.29) is 11.8 Å². The fraction of sp³-hybridized carbons (Fsp3) is 0.429. The average molecular weight is 354 g/mol. The predicted octanol–water partition coefficient (Wildman–Crippen LogP) is 2.47. The average Bonchev–Trinajstić information content (AvgIpc) is 3.05. The lowest BCUT2D eigenvalue weighted by Gasteiger charge is -2.16. The van der Waals surface area contributed by atoms with Crippen molar-refractivity contribution in [1.82, 2.24) is 9.97 Å². The van der Waals surface area contributed by atoms with Crippen LogP contribution in [0, 0.1) is 13.8 Å². The standard InChI is InChI=1S/C14H18N4O3S2/c1-8-7-15-13(22-8)17-12(20)11-9(2)16-14(23-11)18(10(3)19)5-6-21-4/h7H,5-6H2,1-4H3,(H,15,17,20). The molecule has 0 bridgehead atoms. The van der Waals surface area contributed by atoms with Gasteiger partial charge in [0.05, 0.1) is 18.8 Å². The van der Waals surface area contributed by atoms with Crippen LogP contribution >= 0.6 is 22.7 Å². The quantitative estimate of drug-likeness (QED) is 0.861. The fourth-order valence-electron chi connectivity index (χ4n) is 1.85. The van der Waals surface area contributed by atoms with Gasteiger partial charge in [-0.05, 0) is 13.8 Å². The second-order valence-electron chi connectivity index (χ2n) is 4.80. The lowest BCUT2D eigenvalue weighted by Crippen LogP contribution is -2.31. The van der Waals surface area contributed by atoms with Gasteiger partial charge < -0.3 is 4.74 Å². The molecule has 0 aliphatic carbocycles. The topological polar surface area (TPSA) is 84.4 Å². The monoisotopic (exact) mass is 354 g/mol. The molecule has 9 heteroatoms. The largest absolute Gasteiger partial charge is 0.383 e. The molecule has 0 aliphatic heterocycles. The maximum Gasteiger partial charge on any atom is 0.269 e. The van der Waals surface area contributed by atoms with Crippen molar-refractivity contribution in [1.29, 1.82) is 0 Å². The van der Waals surface area contributed by atoms with E-state index < -0.39 is 0 Å². The molecule has 0 spiro atoms. The first-order chi connectivity index (χ1) is 10.9. The van der Waals surface area contributed by atoms with Gasteiger partial charge in [0, 0.05) is 25.1 Å². The van der Waals surface area contributed by atoms with E-state index in [2.05, 4.69) is 15.3 Å². The van der Waals surface area contributed by atoms with Crippen molar-refractivity contribution in [2.75, 3.05) is 30.5 Å². The second kappa shape index (κ2) is 7.62. The highest BCUT2D eigenvalue weighted by atomic mass is 32.1. The van der Waals surface area contributed by atoms with Gasteiger partial charge in [0.2, 0.25) is 5.91 Å². The second-order valence-corrected chi connectivity index (χ2v) is 7.02. The molecule has 0 saturated carbocycles. The highest BCUT2D eigenvalue weighted by Gasteiger charge is 2.21. The Morgan fingerprint density at radius 2 is 2.09 bits per heavy atom. The number of nitrogens with one attached hydrogen (secondary N) is 1. The third kappa shape index (κ3) is 4.34. The zero-order valence-corrected chi connectivity index (χ0v) is 15.0. The first-order valence-electron chi connectivity index (χ1n) is 6.90. The lowest BCUT2D eigenvalue weighted by molar-refractivity contribution is -0.116. The van der Waals surface area contributed by atoms with Crippen molar-refractivity contribution in [3.8, 4) is 0 Å². The maximum absolute atomic E-state index is 12.4. The van der Waals surface area contributed by atoms with E-state index in [1.807, 2.05) is 6.92 Å². The summed E-state index contributed by atoms with van der Waals surface area (Å²) < 4.78 is 5.01. The SMILES string of the molecule is COCCN(C(C)=O)c1nc(C)c(C(=O)Nc2ncc(C)s2)s1. The molecular weight excluding hydrogens is 336 g/mol. The number of hydrogen-bond acceptors (Lipinski definition) is 7. The van der Waals surface area contributed by atoms with Crippen LogP contribution in [0.25, 0.3) is 0 Å². The predicted molar refractivity (Wildman–Crippen MR) is 91.6 cm³/mol. The molecule has 23 heavy (non-hydrogen) atoms. The summed E-state index contributed by atoms with van der Waals surface area (Å²) in [5, 5.41) is 3.79. The molecule has 2 amide bonds. The minimum Gasteiger partial charge on any atom is -0.383 e. The van der Waals surface area contributed by atoms with Crippen molar-refractivity contribution in [2.45, 2.75) is 20.8 Å². The van der Waals surface area contributed by atoms with Gasteiger partial charge in [0.1, 0.15) is 4.88 Å². The minimum atomic E-state index is -0.268. The summed E-state index contributed by atoms with van der Waals surface area (Å²) in [5.41, 5.74) is 0.583. The van der Waals surface area contributed by atoms with Crippen LogP contribution in [-0.4, -0.2) is 42.0 Å². The van der Waals surface area contributed by atoms with Gasteiger partial charge in [0.25, 0.3) is 5.91 Å². The number of nitrogens with zero attached hydrogens (tertiary/aromatic N) is 3. The van der Waals surface area contributed by atoms with Crippen LogP contribution in [0.15, 0.2) is 6.20 Å². The molecule has 0 atom stereocenters. The van der Waals surface area contributed by atoms with Gasteiger partial charge in [0.15, 0.2) is 10.3 Å².